The van der Waals surface area contributed by atoms with Crippen LogP contribution >= 0.6 is 24.2 Å². The van der Waals surface area contributed by atoms with E-state index >= 15 is 0 Å². The highest BCUT2D eigenvalue weighted by Gasteiger charge is 2.11. The summed E-state index contributed by atoms with van der Waals surface area (Å²) in [6.45, 7) is 4.10. The Labute approximate surface area is 181 Å². The van der Waals surface area contributed by atoms with Crippen molar-refractivity contribution >= 4 is 24.2 Å². The normalized spacial score (nSPS) is 10.4. The highest BCUT2D eigenvalue weighted by Crippen LogP contribution is 2.31. The average molecular weight is 436 g/mol. The molecule has 0 saturated heterocycles. The number of halogens is 1. The molecule has 0 fully saturated rings. The Morgan fingerprint density at radius 3 is 2.62 bits per heavy atom. The number of benzene rings is 2. The van der Waals surface area contributed by atoms with Gasteiger partial charge in [-0.2, -0.15) is 0 Å². The standard InChI is InChI=1S/C20H25N5O2S.ClH/c1-15-7-9-16(10-8-15)14-27-19-17(5-4-6-18(19)26-3)13-21-11-12-28-20-22-23-24-25(20)2;/h4-10,21H,11-14H2,1-3H3;1H. The molecule has 1 N–H and O–H groups in total. The van der Waals surface area contributed by atoms with Gasteiger partial charge in [-0.05, 0) is 29.0 Å². The number of aromatic nitrogens is 4. The number of nitrogens with one attached hydrogen (secondary N) is 1. The molecule has 0 aliphatic carbocycles. The highest BCUT2D eigenvalue weighted by molar-refractivity contribution is 7.99. The van der Waals surface area contributed by atoms with Crippen LogP contribution in [0.2, 0.25) is 0 Å². The van der Waals surface area contributed by atoms with E-state index in [-0.39, 0.29) is 12.4 Å². The first-order chi connectivity index (χ1) is 13.7. The van der Waals surface area contributed by atoms with Crippen LogP contribution in [0.3, 0.4) is 0 Å². The highest BCUT2D eigenvalue weighted by atomic mass is 35.5. The van der Waals surface area contributed by atoms with Crippen LogP contribution in [-0.4, -0.2) is 39.6 Å². The summed E-state index contributed by atoms with van der Waals surface area (Å²) < 4.78 is 13.3. The van der Waals surface area contributed by atoms with Crippen LogP contribution in [0.4, 0.5) is 0 Å². The maximum atomic E-state index is 6.12. The fourth-order valence-corrected chi connectivity index (χ4v) is 3.39. The van der Waals surface area contributed by atoms with E-state index in [2.05, 4.69) is 58.1 Å². The number of ether oxygens (including phenoxy) is 2. The molecular weight excluding hydrogens is 410 g/mol. The van der Waals surface area contributed by atoms with Crippen LogP contribution in [0.1, 0.15) is 16.7 Å². The molecule has 0 spiro atoms. The van der Waals surface area contributed by atoms with Crippen LogP contribution < -0.4 is 14.8 Å². The second-order valence-corrected chi connectivity index (χ2v) is 7.40. The van der Waals surface area contributed by atoms with Crippen molar-refractivity contribution in [2.24, 2.45) is 7.05 Å². The van der Waals surface area contributed by atoms with Crippen molar-refractivity contribution in [2.45, 2.75) is 25.2 Å². The van der Waals surface area contributed by atoms with Gasteiger partial charge >= 0.3 is 0 Å². The first-order valence-electron chi connectivity index (χ1n) is 9.07. The Hall–Kier alpha value is -2.29. The summed E-state index contributed by atoms with van der Waals surface area (Å²) in [7, 11) is 3.50. The Kier molecular flexibility index (Phi) is 9.24. The van der Waals surface area contributed by atoms with Gasteiger partial charge in [0.25, 0.3) is 0 Å². The summed E-state index contributed by atoms with van der Waals surface area (Å²) in [4.78, 5) is 0. The molecule has 3 rings (SSSR count). The van der Waals surface area contributed by atoms with Gasteiger partial charge in [0.05, 0.1) is 7.11 Å². The van der Waals surface area contributed by atoms with Crippen LogP contribution in [0.25, 0.3) is 0 Å². The summed E-state index contributed by atoms with van der Waals surface area (Å²) in [5.74, 6) is 2.40. The number of thioether (sulfide) groups is 1. The fourth-order valence-electron chi connectivity index (χ4n) is 2.65. The molecule has 9 heteroatoms. The molecule has 0 aliphatic rings. The van der Waals surface area contributed by atoms with Crippen LogP contribution in [-0.2, 0) is 20.2 Å². The zero-order valence-electron chi connectivity index (χ0n) is 16.8. The van der Waals surface area contributed by atoms with Gasteiger partial charge < -0.3 is 14.8 Å². The lowest BCUT2D eigenvalue weighted by Gasteiger charge is -2.16. The van der Waals surface area contributed by atoms with Gasteiger partial charge in [0.15, 0.2) is 11.5 Å². The molecule has 29 heavy (non-hydrogen) atoms. The second kappa shape index (κ2) is 11.6. The van der Waals surface area contributed by atoms with E-state index in [1.54, 1.807) is 23.6 Å². The number of para-hydroxylation sites is 1. The molecule has 0 amide bonds. The number of rotatable bonds is 10. The van der Waals surface area contributed by atoms with Gasteiger partial charge in [0, 0.05) is 31.5 Å². The molecule has 1 heterocycles. The summed E-state index contributed by atoms with van der Waals surface area (Å²) in [5.41, 5.74) is 3.43. The van der Waals surface area contributed by atoms with Gasteiger partial charge in [0.2, 0.25) is 5.16 Å². The van der Waals surface area contributed by atoms with Crippen molar-refractivity contribution < 1.29 is 9.47 Å². The topological polar surface area (TPSA) is 74.1 Å². The largest absolute Gasteiger partial charge is 0.493 e. The predicted octanol–water partition coefficient (Wildman–Crippen LogP) is 3.41. The van der Waals surface area contributed by atoms with E-state index in [9.17, 15) is 0 Å². The lowest BCUT2D eigenvalue weighted by Crippen LogP contribution is -2.17. The van der Waals surface area contributed by atoms with E-state index in [1.807, 2.05) is 19.2 Å². The van der Waals surface area contributed by atoms with E-state index in [4.69, 9.17) is 9.47 Å². The van der Waals surface area contributed by atoms with Crippen LogP contribution in [0.15, 0.2) is 47.6 Å². The quantitative estimate of drug-likeness (QED) is 0.386. The number of hydrogen-bond donors (Lipinski definition) is 1. The van der Waals surface area contributed by atoms with E-state index < -0.39 is 0 Å². The minimum absolute atomic E-state index is 0. The summed E-state index contributed by atoms with van der Waals surface area (Å²) in [6.07, 6.45) is 0. The Morgan fingerprint density at radius 1 is 1.14 bits per heavy atom. The molecule has 3 aromatic rings. The first-order valence-corrected chi connectivity index (χ1v) is 10.1. The smallest absolute Gasteiger partial charge is 0.209 e. The van der Waals surface area contributed by atoms with Crippen molar-refractivity contribution in [3.63, 3.8) is 0 Å². The Morgan fingerprint density at radius 2 is 1.93 bits per heavy atom. The van der Waals surface area contributed by atoms with E-state index in [1.165, 1.54) is 5.56 Å². The third kappa shape index (κ3) is 6.62. The lowest BCUT2D eigenvalue weighted by molar-refractivity contribution is 0.280. The van der Waals surface area contributed by atoms with Crippen LogP contribution in [0.5, 0.6) is 11.5 Å². The molecule has 0 radical (unpaired) electrons. The third-order valence-corrected chi connectivity index (χ3v) is 5.20. The number of nitrogens with zero attached hydrogens (tertiary/aromatic N) is 4. The molecule has 0 aliphatic heterocycles. The van der Waals surface area contributed by atoms with E-state index in [0.29, 0.717) is 13.2 Å². The molecule has 1 aromatic heterocycles. The molecule has 2 aromatic carbocycles. The summed E-state index contributed by atoms with van der Waals surface area (Å²) >= 11 is 1.62. The summed E-state index contributed by atoms with van der Waals surface area (Å²) in [6, 6.07) is 14.3. The SMILES string of the molecule is COc1cccc(CNCCSc2nnnn2C)c1OCc1ccc(C)cc1.Cl. The van der Waals surface area contributed by atoms with Gasteiger partial charge in [-0.15, -0.1) is 17.5 Å². The lowest BCUT2D eigenvalue weighted by atomic mass is 10.1. The maximum absolute atomic E-state index is 6.12. The third-order valence-electron chi connectivity index (χ3n) is 4.19. The molecule has 7 nitrogen and oxygen atoms in total. The van der Waals surface area contributed by atoms with E-state index in [0.717, 1.165) is 40.1 Å². The molecule has 0 atom stereocenters. The molecule has 0 bridgehead atoms. The van der Waals surface area contributed by atoms with Gasteiger partial charge in [-0.3, -0.25) is 0 Å². The number of methoxy groups -OCH3 is 1. The number of aryl methyl sites for hydroxylation is 2. The summed E-state index contributed by atoms with van der Waals surface area (Å²) in [5, 5.41) is 15.7. The Bertz CT molecular complexity index is 889. The molecule has 156 valence electrons. The molecular formula is C20H26ClN5O2S. The van der Waals surface area contributed by atoms with Gasteiger partial charge in [-0.25, -0.2) is 4.68 Å². The second-order valence-electron chi connectivity index (χ2n) is 6.33. The minimum atomic E-state index is 0. The van der Waals surface area contributed by atoms with Gasteiger partial charge in [-0.1, -0.05) is 53.7 Å². The van der Waals surface area contributed by atoms with Crippen molar-refractivity contribution in [1.29, 1.82) is 0 Å². The Balaban J connectivity index is 0.00000300. The number of tetrazole rings is 1. The predicted molar refractivity (Wildman–Crippen MR) is 117 cm³/mol. The van der Waals surface area contributed by atoms with Crippen molar-refractivity contribution in [3.8, 4) is 11.5 Å². The van der Waals surface area contributed by atoms with Crippen LogP contribution in [0, 0.1) is 6.92 Å². The van der Waals surface area contributed by atoms with Crippen molar-refractivity contribution in [1.82, 2.24) is 25.5 Å². The van der Waals surface area contributed by atoms with Crippen molar-refractivity contribution in [3.05, 3.63) is 59.2 Å². The van der Waals surface area contributed by atoms with Crippen molar-refractivity contribution in [2.75, 3.05) is 19.4 Å². The average Bonchev–Trinajstić information content (AvgIpc) is 3.12. The fraction of sp³-hybridized carbons (Fsp3) is 0.350. The maximum Gasteiger partial charge on any atom is 0.209 e. The molecule has 0 unspecified atom stereocenters. The zero-order valence-corrected chi connectivity index (χ0v) is 18.4. The number of hydrogen-bond acceptors (Lipinski definition) is 7. The first kappa shape index (κ1) is 23.0. The zero-order chi connectivity index (χ0) is 19.8. The monoisotopic (exact) mass is 435 g/mol. The minimum Gasteiger partial charge on any atom is -0.493 e. The van der Waals surface area contributed by atoms with Gasteiger partial charge in [0.1, 0.15) is 6.61 Å². The molecule has 0 saturated carbocycles.